The largest absolute Gasteiger partial charge is 0.442 e. The van der Waals surface area contributed by atoms with Crippen molar-refractivity contribution in [3.8, 4) is 35.5 Å². The zero-order chi connectivity index (χ0) is 40.7. The van der Waals surface area contributed by atoms with Crippen LogP contribution in [-0.4, -0.2) is 17.9 Å². The van der Waals surface area contributed by atoms with Crippen LogP contribution < -0.4 is 0 Å². The first-order valence-corrected chi connectivity index (χ1v) is 18.3. The van der Waals surface area contributed by atoms with E-state index in [1.807, 2.05) is 54.6 Å². The third-order valence-electron chi connectivity index (χ3n) is 9.43. The van der Waals surface area contributed by atoms with Gasteiger partial charge in [0.2, 0.25) is 0 Å². The average Bonchev–Trinajstić information content (AvgIpc) is 3.02. The van der Waals surface area contributed by atoms with Crippen molar-refractivity contribution >= 4 is 17.9 Å². The molecule has 0 unspecified atom stereocenters. The molecule has 0 saturated heterocycles. The number of rotatable bonds is 3. The second kappa shape index (κ2) is 14.5. The molecule has 3 aromatic carbocycles. The molecule has 0 radical (unpaired) electrons. The van der Waals surface area contributed by atoms with Crippen LogP contribution in [0.25, 0.3) is 0 Å². The molecule has 1 aliphatic rings. The summed E-state index contributed by atoms with van der Waals surface area (Å²) < 4.78 is 18.1. The molecule has 6 bridgehead atoms. The number of fused-ring (bicyclic) bond motifs is 6. The van der Waals surface area contributed by atoms with Crippen LogP contribution in [0.3, 0.4) is 0 Å². The SMILES string of the molecule is CC(=O)O[C@]1(C)C#Cc2cc(C(C)(C)C)cc(c2)[C@](C)(OC(C)=O)C#Cc2cc(C(C)(C)C)cc(c2)[C@](C)(OC(C)=O)C#Cc2cc(C(C)(C)C)cc1c2. The van der Waals surface area contributed by atoms with Crippen LogP contribution in [0.5, 0.6) is 0 Å². The predicted octanol–water partition coefficient (Wildman–Crippen LogP) is 9.38. The molecule has 54 heavy (non-hydrogen) atoms. The summed E-state index contributed by atoms with van der Waals surface area (Å²) in [5.74, 6) is 18.3. The Hall–Kier alpha value is -5.25. The van der Waals surface area contributed by atoms with Gasteiger partial charge in [0.05, 0.1) is 0 Å². The molecule has 0 fully saturated rings. The number of hydrogen-bond donors (Lipinski definition) is 0. The highest BCUT2D eigenvalue weighted by Gasteiger charge is 2.34. The molecule has 282 valence electrons. The van der Waals surface area contributed by atoms with Gasteiger partial charge in [0.25, 0.3) is 0 Å². The van der Waals surface area contributed by atoms with E-state index in [9.17, 15) is 14.4 Å². The van der Waals surface area contributed by atoms with E-state index in [0.717, 1.165) is 16.7 Å². The quantitative estimate of drug-likeness (QED) is 0.152. The Morgan fingerprint density at radius 3 is 0.833 bits per heavy atom. The van der Waals surface area contributed by atoms with E-state index in [-0.39, 0.29) is 16.2 Å². The van der Waals surface area contributed by atoms with Crippen molar-refractivity contribution in [2.75, 3.05) is 0 Å². The van der Waals surface area contributed by atoms with Crippen molar-refractivity contribution in [3.05, 3.63) is 105 Å². The van der Waals surface area contributed by atoms with E-state index in [4.69, 9.17) is 14.2 Å². The van der Waals surface area contributed by atoms with Crippen LogP contribution in [-0.2, 0) is 61.6 Å². The van der Waals surface area contributed by atoms with Crippen molar-refractivity contribution < 1.29 is 28.6 Å². The van der Waals surface area contributed by atoms with E-state index in [1.165, 1.54) is 20.8 Å². The summed E-state index contributed by atoms with van der Waals surface area (Å²) in [4.78, 5) is 38.1. The molecule has 3 aromatic rings. The zero-order valence-corrected chi connectivity index (χ0v) is 34.6. The zero-order valence-electron chi connectivity index (χ0n) is 34.6. The van der Waals surface area contributed by atoms with E-state index >= 15 is 0 Å². The Balaban J connectivity index is 2.27. The van der Waals surface area contributed by atoms with Gasteiger partial charge in [-0.15, -0.1) is 0 Å². The topological polar surface area (TPSA) is 78.9 Å². The Labute approximate surface area is 322 Å². The summed E-state index contributed by atoms with van der Waals surface area (Å²) in [6.45, 7) is 28.3. The fourth-order valence-corrected chi connectivity index (χ4v) is 6.13. The van der Waals surface area contributed by atoms with Crippen LogP contribution in [0.2, 0.25) is 0 Å². The second-order valence-electron chi connectivity index (χ2n) is 17.8. The molecule has 0 aromatic heterocycles. The van der Waals surface area contributed by atoms with E-state index in [2.05, 4.69) is 97.8 Å². The molecule has 1 aliphatic carbocycles. The predicted molar refractivity (Wildman–Crippen MR) is 213 cm³/mol. The molecule has 0 saturated carbocycles. The van der Waals surface area contributed by atoms with E-state index in [0.29, 0.717) is 33.4 Å². The van der Waals surface area contributed by atoms with Gasteiger partial charge in [-0.25, -0.2) is 0 Å². The maximum atomic E-state index is 12.7. The molecule has 6 nitrogen and oxygen atoms in total. The molecule has 0 amide bonds. The normalized spacial score (nSPS) is 20.9. The van der Waals surface area contributed by atoms with Crippen LogP contribution in [0.1, 0.15) is 154 Å². The van der Waals surface area contributed by atoms with Crippen molar-refractivity contribution in [2.45, 2.75) is 137 Å². The molecule has 4 rings (SSSR count). The monoisotopic (exact) mass is 726 g/mol. The first kappa shape index (κ1) is 41.5. The fraction of sp³-hybridized carbons (Fsp3) is 0.438. The number of esters is 3. The molecule has 0 heterocycles. The van der Waals surface area contributed by atoms with Crippen LogP contribution in [0.4, 0.5) is 0 Å². The second-order valence-corrected chi connectivity index (χ2v) is 17.8. The molecule has 3 atom stereocenters. The summed E-state index contributed by atoms with van der Waals surface area (Å²) in [5, 5.41) is 0. The van der Waals surface area contributed by atoms with Gasteiger partial charge in [-0.2, -0.15) is 0 Å². The molecule has 0 aliphatic heterocycles. The third kappa shape index (κ3) is 9.83. The summed E-state index contributed by atoms with van der Waals surface area (Å²) in [6, 6.07) is 17.6. The number of carbonyl (C=O) groups excluding carboxylic acids is 3. The number of benzene rings is 3. The van der Waals surface area contributed by atoms with Crippen LogP contribution in [0.15, 0.2) is 54.6 Å². The number of hydrogen-bond acceptors (Lipinski definition) is 6. The highest BCUT2D eigenvalue weighted by atomic mass is 16.6. The summed E-state index contributed by atoms with van der Waals surface area (Å²) in [7, 11) is 0. The Morgan fingerprint density at radius 2 is 0.648 bits per heavy atom. The number of ether oxygens (including phenoxy) is 3. The smallest absolute Gasteiger partial charge is 0.304 e. The van der Waals surface area contributed by atoms with Gasteiger partial charge < -0.3 is 14.2 Å². The van der Waals surface area contributed by atoms with Crippen molar-refractivity contribution in [1.82, 2.24) is 0 Å². The number of carbonyl (C=O) groups is 3. The van der Waals surface area contributed by atoms with E-state index < -0.39 is 34.7 Å². The fourth-order valence-electron chi connectivity index (χ4n) is 6.13. The first-order chi connectivity index (χ1) is 24.6. The van der Waals surface area contributed by atoms with Crippen molar-refractivity contribution in [3.63, 3.8) is 0 Å². The highest BCUT2D eigenvalue weighted by Crippen LogP contribution is 2.36. The molecular weight excluding hydrogens is 673 g/mol. The lowest BCUT2D eigenvalue weighted by Crippen LogP contribution is -2.29. The minimum Gasteiger partial charge on any atom is -0.442 e. The average molecular weight is 727 g/mol. The van der Waals surface area contributed by atoms with E-state index in [1.54, 1.807) is 20.8 Å². The Morgan fingerprint density at radius 1 is 0.426 bits per heavy atom. The molecule has 6 heteroatoms. The van der Waals surface area contributed by atoms with Gasteiger partial charge >= 0.3 is 17.9 Å². The van der Waals surface area contributed by atoms with Gasteiger partial charge in [0.1, 0.15) is 0 Å². The minimum atomic E-state index is -1.39. The highest BCUT2D eigenvalue weighted by molar-refractivity contribution is 5.69. The standard InChI is InChI=1S/C48H54O6/c1-31(49)52-46(13)19-16-34-22-38(44(7,8)9)29-41(26-34)48(15,54-33(3)51)21-18-36-24-39(45(10,11)12)30-42(27-36)47(14,53-32(2)50)20-17-35-23-37(43(4,5)6)28-40(46)25-35/h22-30H,1-15H3/t46-,47-,48-/m1/s1. The molecule has 0 spiro atoms. The van der Waals surface area contributed by atoms with Crippen LogP contribution >= 0.6 is 0 Å². The summed E-state index contributed by atoms with van der Waals surface area (Å²) in [5.41, 5.74) is 1.60. The summed E-state index contributed by atoms with van der Waals surface area (Å²) >= 11 is 0. The first-order valence-electron chi connectivity index (χ1n) is 18.3. The van der Waals surface area contributed by atoms with Crippen LogP contribution in [0, 0.1) is 35.5 Å². The lowest BCUT2D eigenvalue weighted by atomic mass is 9.81. The van der Waals surface area contributed by atoms with Crippen molar-refractivity contribution in [2.24, 2.45) is 0 Å². The minimum absolute atomic E-state index is 0.307. The van der Waals surface area contributed by atoms with Gasteiger partial charge in [-0.1, -0.05) is 98.3 Å². The Bertz CT molecular complexity index is 1950. The maximum Gasteiger partial charge on any atom is 0.304 e. The van der Waals surface area contributed by atoms with Gasteiger partial charge in [-0.05, 0) is 108 Å². The Kier molecular flexibility index (Phi) is 11.2. The molecular formula is C48H54O6. The lowest BCUT2D eigenvalue weighted by Gasteiger charge is -2.29. The molecule has 0 N–H and O–H groups in total. The third-order valence-corrected chi connectivity index (χ3v) is 9.43. The summed E-state index contributed by atoms with van der Waals surface area (Å²) in [6.07, 6.45) is 0. The maximum absolute atomic E-state index is 12.7. The lowest BCUT2D eigenvalue weighted by molar-refractivity contribution is -0.152. The van der Waals surface area contributed by atoms with Gasteiger partial charge in [0.15, 0.2) is 16.8 Å². The van der Waals surface area contributed by atoms with Gasteiger partial charge in [-0.3, -0.25) is 14.4 Å². The van der Waals surface area contributed by atoms with Crippen molar-refractivity contribution in [1.29, 1.82) is 0 Å². The van der Waals surface area contributed by atoms with Gasteiger partial charge in [0, 0.05) is 54.2 Å².